The number of carboxylic acids is 1. The van der Waals surface area contributed by atoms with Gasteiger partial charge in [0.2, 0.25) is 0 Å². The molecule has 20 heavy (non-hydrogen) atoms. The van der Waals surface area contributed by atoms with Gasteiger partial charge in [-0.2, -0.15) is 0 Å². The summed E-state index contributed by atoms with van der Waals surface area (Å²) in [6.45, 7) is 0.782. The minimum atomic E-state index is -2.64. The Morgan fingerprint density at radius 2 is 2.25 bits per heavy atom. The smallest absolute Gasteiger partial charge is 0.364 e. The number of aliphatic hydroxyl groups is 4. The van der Waals surface area contributed by atoms with E-state index in [1.807, 2.05) is 0 Å². The largest absolute Gasteiger partial charge is 0.477 e. The number of ether oxygens (including phenoxy) is 1. The molecule has 0 aromatic heterocycles. The van der Waals surface area contributed by atoms with Gasteiger partial charge in [-0.25, -0.2) is 4.79 Å². The first-order chi connectivity index (χ1) is 9.26. The molecule has 0 bridgehead atoms. The number of aliphatic hydroxyl groups excluding tert-OH is 3. The van der Waals surface area contributed by atoms with E-state index in [4.69, 9.17) is 20.5 Å². The molecule has 1 saturated heterocycles. The maximum Gasteiger partial charge on any atom is 0.364 e. The molecule has 0 saturated carbocycles. The second kappa shape index (κ2) is 6.35. The van der Waals surface area contributed by atoms with E-state index in [9.17, 15) is 20.1 Å². The van der Waals surface area contributed by atoms with E-state index in [0.29, 0.717) is 0 Å². The highest BCUT2D eigenvalue weighted by Gasteiger charge is 2.52. The van der Waals surface area contributed by atoms with Crippen LogP contribution in [0.1, 0.15) is 13.3 Å². The van der Waals surface area contributed by atoms with Gasteiger partial charge in [0.05, 0.1) is 31.0 Å². The van der Waals surface area contributed by atoms with Crippen molar-refractivity contribution in [3.63, 3.8) is 0 Å². The first-order valence-electron chi connectivity index (χ1n) is 5.91. The van der Waals surface area contributed by atoms with Crippen molar-refractivity contribution in [1.29, 1.82) is 0 Å². The lowest BCUT2D eigenvalue weighted by Gasteiger charge is -2.43. The predicted octanol–water partition coefficient (Wildman–Crippen LogP) is -1.42. The fraction of sp³-hybridized carbons (Fsp3) is 0.900. The van der Waals surface area contributed by atoms with E-state index in [1.54, 1.807) is 0 Å². The fourth-order valence-corrected chi connectivity index (χ4v) is 2.09. The second-order valence-electron chi connectivity index (χ2n) is 4.75. The molecule has 6 atom stereocenters. The quantitative estimate of drug-likeness (QED) is 0.234. The van der Waals surface area contributed by atoms with Crippen LogP contribution in [0.5, 0.6) is 0 Å². The molecule has 0 radical (unpaired) electrons. The summed E-state index contributed by atoms with van der Waals surface area (Å²) in [4.78, 5) is 13.4. The molecule has 114 valence electrons. The summed E-state index contributed by atoms with van der Waals surface area (Å²) < 4.78 is 4.96. The number of carboxylic acid groups (broad SMARTS) is 1. The third-order valence-electron chi connectivity index (χ3n) is 3.39. The van der Waals surface area contributed by atoms with Crippen LogP contribution in [0.25, 0.3) is 10.4 Å². The summed E-state index contributed by atoms with van der Waals surface area (Å²) in [6, 6.07) is -1.28. The maximum atomic E-state index is 11.0. The number of aliphatic carboxylic acids is 1. The SMILES string of the molecule is C[C@H]1C([C@H](O)[C@@H](CO)N=[N+]=[N-])OC(O)(C(=O)O)C[C@H]1O. The van der Waals surface area contributed by atoms with Crippen molar-refractivity contribution in [2.45, 2.75) is 43.5 Å². The molecule has 0 aromatic carbocycles. The van der Waals surface area contributed by atoms with Gasteiger partial charge in [0.1, 0.15) is 0 Å². The van der Waals surface area contributed by atoms with E-state index in [2.05, 4.69) is 10.0 Å². The van der Waals surface area contributed by atoms with Crippen molar-refractivity contribution in [3.8, 4) is 0 Å². The van der Waals surface area contributed by atoms with Gasteiger partial charge in [-0.15, -0.1) is 0 Å². The van der Waals surface area contributed by atoms with Crippen LogP contribution in [-0.4, -0.2) is 68.2 Å². The van der Waals surface area contributed by atoms with Gasteiger partial charge in [0.15, 0.2) is 0 Å². The highest BCUT2D eigenvalue weighted by molar-refractivity contribution is 5.75. The van der Waals surface area contributed by atoms with Crippen molar-refractivity contribution in [2.75, 3.05) is 6.61 Å². The highest BCUT2D eigenvalue weighted by Crippen LogP contribution is 2.34. The van der Waals surface area contributed by atoms with Crippen molar-refractivity contribution in [1.82, 2.24) is 0 Å². The van der Waals surface area contributed by atoms with Crippen molar-refractivity contribution < 1.29 is 35.1 Å². The van der Waals surface area contributed by atoms with Gasteiger partial charge in [-0.1, -0.05) is 12.0 Å². The zero-order valence-electron chi connectivity index (χ0n) is 10.7. The average molecular weight is 291 g/mol. The van der Waals surface area contributed by atoms with Crippen LogP contribution >= 0.6 is 0 Å². The molecule has 1 rings (SSSR count). The van der Waals surface area contributed by atoms with Crippen LogP contribution in [0.4, 0.5) is 0 Å². The molecule has 0 aromatic rings. The Hall–Kier alpha value is -1.42. The zero-order chi connectivity index (χ0) is 15.5. The molecule has 1 aliphatic rings. The monoisotopic (exact) mass is 291 g/mol. The summed E-state index contributed by atoms with van der Waals surface area (Å²) in [6.07, 6.45) is -4.69. The number of rotatable bonds is 5. The van der Waals surface area contributed by atoms with Crippen molar-refractivity contribution >= 4 is 5.97 Å². The lowest BCUT2D eigenvalue weighted by molar-refractivity contribution is -0.297. The summed E-state index contributed by atoms with van der Waals surface area (Å²) in [7, 11) is 0. The Kier molecular flexibility index (Phi) is 5.28. The Labute approximate surface area is 113 Å². The average Bonchev–Trinajstić information content (AvgIpc) is 2.39. The Balaban J connectivity index is 3.01. The number of hydrogen-bond acceptors (Lipinski definition) is 7. The number of carbonyl (C=O) groups is 1. The van der Waals surface area contributed by atoms with Crippen LogP contribution in [0, 0.1) is 5.92 Å². The van der Waals surface area contributed by atoms with Crippen LogP contribution in [0.15, 0.2) is 5.11 Å². The Bertz CT molecular complexity index is 414. The minimum Gasteiger partial charge on any atom is -0.477 e. The van der Waals surface area contributed by atoms with Crippen LogP contribution in [-0.2, 0) is 9.53 Å². The lowest BCUT2D eigenvalue weighted by Crippen LogP contribution is -2.59. The van der Waals surface area contributed by atoms with Gasteiger partial charge in [0, 0.05) is 17.3 Å². The first kappa shape index (κ1) is 16.6. The molecule has 0 spiro atoms. The zero-order valence-corrected chi connectivity index (χ0v) is 10.7. The normalized spacial score (nSPS) is 36.8. The predicted molar refractivity (Wildman–Crippen MR) is 63.3 cm³/mol. The van der Waals surface area contributed by atoms with Gasteiger partial charge in [-0.3, -0.25) is 0 Å². The van der Waals surface area contributed by atoms with Gasteiger partial charge >= 0.3 is 5.97 Å². The number of azide groups is 1. The lowest BCUT2D eigenvalue weighted by atomic mass is 9.84. The summed E-state index contributed by atoms with van der Waals surface area (Å²) >= 11 is 0. The molecule has 1 heterocycles. The molecular weight excluding hydrogens is 274 g/mol. The van der Waals surface area contributed by atoms with Gasteiger partial charge in [-0.05, 0) is 5.53 Å². The Morgan fingerprint density at radius 1 is 1.65 bits per heavy atom. The Morgan fingerprint density at radius 3 is 2.70 bits per heavy atom. The summed E-state index contributed by atoms with van der Waals surface area (Å²) in [5, 5.41) is 50.7. The highest BCUT2D eigenvalue weighted by atomic mass is 16.7. The minimum absolute atomic E-state index is 0.558. The molecule has 1 aliphatic heterocycles. The van der Waals surface area contributed by atoms with E-state index in [1.165, 1.54) is 6.92 Å². The molecule has 0 aliphatic carbocycles. The van der Waals surface area contributed by atoms with Crippen LogP contribution < -0.4 is 0 Å². The fourth-order valence-electron chi connectivity index (χ4n) is 2.09. The first-order valence-corrected chi connectivity index (χ1v) is 5.91. The van der Waals surface area contributed by atoms with Crippen LogP contribution in [0.3, 0.4) is 0 Å². The maximum absolute atomic E-state index is 11.0. The van der Waals surface area contributed by atoms with Crippen molar-refractivity contribution in [3.05, 3.63) is 10.4 Å². The van der Waals surface area contributed by atoms with Gasteiger partial charge in [0.25, 0.3) is 5.79 Å². The molecular formula is C10H17N3O7. The second-order valence-corrected chi connectivity index (χ2v) is 4.75. The van der Waals surface area contributed by atoms with E-state index in [-0.39, 0.29) is 0 Å². The molecule has 10 nitrogen and oxygen atoms in total. The van der Waals surface area contributed by atoms with E-state index >= 15 is 0 Å². The molecule has 1 fully saturated rings. The van der Waals surface area contributed by atoms with Gasteiger partial charge < -0.3 is 30.3 Å². The van der Waals surface area contributed by atoms with Crippen molar-refractivity contribution in [2.24, 2.45) is 11.0 Å². The third kappa shape index (κ3) is 3.18. The molecule has 10 heteroatoms. The summed E-state index contributed by atoms with van der Waals surface area (Å²) in [5.41, 5.74) is 8.33. The summed E-state index contributed by atoms with van der Waals surface area (Å²) in [5.74, 6) is -5.08. The molecule has 2 unspecified atom stereocenters. The number of hydrogen-bond donors (Lipinski definition) is 5. The third-order valence-corrected chi connectivity index (χ3v) is 3.39. The van der Waals surface area contributed by atoms with E-state index in [0.717, 1.165) is 0 Å². The molecule has 0 amide bonds. The van der Waals surface area contributed by atoms with Crippen LogP contribution in [0.2, 0.25) is 0 Å². The topological polar surface area (TPSA) is 176 Å². The number of nitrogens with zero attached hydrogens (tertiary/aromatic N) is 3. The standard InChI is InChI=1S/C10H17N3O7/c1-4-6(15)2-10(19,9(17)18)20-8(4)7(16)5(3-14)12-13-11/h4-8,14-16,19H,2-3H2,1H3,(H,17,18)/t4-,5-,6-,7-,8?,10?/m1/s1. The van der Waals surface area contributed by atoms with E-state index < -0.39 is 55.1 Å². The molecule has 5 N–H and O–H groups in total.